The molecule has 0 aliphatic heterocycles. The first-order valence-corrected chi connectivity index (χ1v) is 6.45. The third-order valence-electron chi connectivity index (χ3n) is 2.99. The smallest absolute Gasteiger partial charge is 0.371 e. The van der Waals surface area contributed by atoms with Gasteiger partial charge < -0.3 is 14.8 Å². The number of carboxylic acid groups (broad SMARTS) is 1. The van der Waals surface area contributed by atoms with E-state index in [0.717, 1.165) is 18.2 Å². The Morgan fingerprint density at radius 3 is 2.32 bits per heavy atom. The van der Waals surface area contributed by atoms with Crippen LogP contribution in [0.2, 0.25) is 0 Å². The first kappa shape index (κ1) is 15.7. The van der Waals surface area contributed by atoms with E-state index in [1.165, 1.54) is 12.1 Å². The molecule has 1 amide bonds. The molecule has 0 saturated carbocycles. The van der Waals surface area contributed by atoms with Crippen LogP contribution in [0.4, 0.5) is 8.78 Å². The van der Waals surface area contributed by atoms with Crippen molar-refractivity contribution >= 4 is 11.9 Å². The van der Waals surface area contributed by atoms with Crippen molar-refractivity contribution < 1.29 is 27.9 Å². The zero-order valence-corrected chi connectivity index (χ0v) is 11.6. The van der Waals surface area contributed by atoms with Crippen LogP contribution in [0.3, 0.4) is 0 Å². The van der Waals surface area contributed by atoms with Crippen molar-refractivity contribution in [3.05, 3.63) is 59.1 Å². The SMILES string of the molecule is CC(Cc1c(F)cccc1F)NC(=O)c1ccc(C(=O)O)o1. The lowest BCUT2D eigenvalue weighted by atomic mass is 10.1. The second kappa shape index (κ2) is 6.38. The molecule has 0 saturated heterocycles. The maximum atomic E-state index is 13.5. The number of aromatic carboxylic acids is 1. The van der Waals surface area contributed by atoms with E-state index < -0.39 is 29.6 Å². The summed E-state index contributed by atoms with van der Waals surface area (Å²) in [6, 6.07) is 5.33. The fourth-order valence-electron chi connectivity index (χ4n) is 1.95. The van der Waals surface area contributed by atoms with Crippen molar-refractivity contribution in [1.29, 1.82) is 0 Å². The van der Waals surface area contributed by atoms with E-state index in [0.29, 0.717) is 0 Å². The highest BCUT2D eigenvalue weighted by atomic mass is 19.1. The number of carboxylic acids is 1. The fourth-order valence-corrected chi connectivity index (χ4v) is 1.95. The molecule has 0 aliphatic rings. The molecule has 0 radical (unpaired) electrons. The van der Waals surface area contributed by atoms with Gasteiger partial charge in [0.1, 0.15) is 11.6 Å². The molecule has 1 aromatic carbocycles. The number of carbonyl (C=O) groups is 2. The van der Waals surface area contributed by atoms with Crippen LogP contribution >= 0.6 is 0 Å². The lowest BCUT2D eigenvalue weighted by Crippen LogP contribution is -2.34. The van der Waals surface area contributed by atoms with Crippen molar-refractivity contribution in [2.45, 2.75) is 19.4 Å². The van der Waals surface area contributed by atoms with Gasteiger partial charge in [-0.1, -0.05) is 6.07 Å². The van der Waals surface area contributed by atoms with E-state index in [4.69, 9.17) is 9.52 Å². The van der Waals surface area contributed by atoms with Crippen LogP contribution in [0.25, 0.3) is 0 Å². The largest absolute Gasteiger partial charge is 0.475 e. The van der Waals surface area contributed by atoms with Gasteiger partial charge in [-0.05, 0) is 37.6 Å². The predicted molar refractivity (Wildman–Crippen MR) is 72.7 cm³/mol. The summed E-state index contributed by atoms with van der Waals surface area (Å²) in [6.07, 6.45) is -0.0449. The predicted octanol–water partition coefficient (Wildman–Crippen LogP) is 2.62. The minimum atomic E-state index is -1.29. The maximum Gasteiger partial charge on any atom is 0.371 e. The Hall–Kier alpha value is -2.70. The highest BCUT2D eigenvalue weighted by Gasteiger charge is 2.18. The summed E-state index contributed by atoms with van der Waals surface area (Å²) >= 11 is 0. The lowest BCUT2D eigenvalue weighted by molar-refractivity contribution is 0.0659. The van der Waals surface area contributed by atoms with E-state index in [1.54, 1.807) is 6.92 Å². The molecule has 2 rings (SSSR count). The van der Waals surface area contributed by atoms with Gasteiger partial charge in [0.25, 0.3) is 5.91 Å². The van der Waals surface area contributed by atoms with Crippen LogP contribution in [-0.4, -0.2) is 23.0 Å². The van der Waals surface area contributed by atoms with Gasteiger partial charge in [-0.3, -0.25) is 4.79 Å². The summed E-state index contributed by atoms with van der Waals surface area (Å²) in [4.78, 5) is 22.5. The summed E-state index contributed by atoms with van der Waals surface area (Å²) in [6.45, 7) is 1.57. The zero-order chi connectivity index (χ0) is 16.3. The van der Waals surface area contributed by atoms with Gasteiger partial charge in [-0.15, -0.1) is 0 Å². The number of hydrogen-bond donors (Lipinski definition) is 2. The van der Waals surface area contributed by atoms with E-state index in [9.17, 15) is 18.4 Å². The average molecular weight is 309 g/mol. The molecule has 0 aliphatic carbocycles. The molecule has 1 atom stereocenters. The molecular weight excluding hydrogens is 296 g/mol. The number of carbonyl (C=O) groups excluding carboxylic acids is 1. The minimum Gasteiger partial charge on any atom is -0.475 e. The number of nitrogens with one attached hydrogen (secondary N) is 1. The Morgan fingerprint density at radius 2 is 1.77 bits per heavy atom. The Bertz CT molecular complexity index is 691. The first-order valence-electron chi connectivity index (χ1n) is 6.45. The second-order valence-electron chi connectivity index (χ2n) is 4.75. The normalized spacial score (nSPS) is 12.0. The quantitative estimate of drug-likeness (QED) is 0.890. The van der Waals surface area contributed by atoms with Crippen LogP contribution < -0.4 is 5.32 Å². The van der Waals surface area contributed by atoms with E-state index in [1.807, 2.05) is 0 Å². The highest BCUT2D eigenvalue weighted by molar-refractivity contribution is 5.93. The van der Waals surface area contributed by atoms with E-state index >= 15 is 0 Å². The van der Waals surface area contributed by atoms with Crippen molar-refractivity contribution in [3.63, 3.8) is 0 Å². The Kier molecular flexibility index (Phi) is 4.55. The van der Waals surface area contributed by atoms with Gasteiger partial charge in [-0.25, -0.2) is 13.6 Å². The van der Waals surface area contributed by atoms with Gasteiger partial charge in [0.15, 0.2) is 5.76 Å². The van der Waals surface area contributed by atoms with Crippen LogP contribution in [0, 0.1) is 11.6 Å². The summed E-state index contributed by atoms with van der Waals surface area (Å²) < 4.78 is 31.9. The van der Waals surface area contributed by atoms with Gasteiger partial charge in [0, 0.05) is 11.6 Å². The molecule has 0 spiro atoms. The third-order valence-corrected chi connectivity index (χ3v) is 2.99. The van der Waals surface area contributed by atoms with Gasteiger partial charge in [0.2, 0.25) is 5.76 Å². The topological polar surface area (TPSA) is 79.5 Å². The fraction of sp³-hybridized carbons (Fsp3) is 0.200. The minimum absolute atomic E-state index is 0.0449. The van der Waals surface area contributed by atoms with Crippen molar-refractivity contribution in [2.24, 2.45) is 0 Å². The molecule has 5 nitrogen and oxygen atoms in total. The van der Waals surface area contributed by atoms with Crippen molar-refractivity contribution in [3.8, 4) is 0 Å². The first-order chi connectivity index (χ1) is 10.4. The lowest BCUT2D eigenvalue weighted by Gasteiger charge is -2.14. The third kappa shape index (κ3) is 3.49. The van der Waals surface area contributed by atoms with Gasteiger partial charge in [0.05, 0.1) is 0 Å². The number of amides is 1. The molecule has 0 bridgehead atoms. The van der Waals surface area contributed by atoms with E-state index in [-0.39, 0.29) is 23.5 Å². The molecule has 22 heavy (non-hydrogen) atoms. The molecule has 116 valence electrons. The standard InChI is InChI=1S/C15H13F2NO4/c1-8(7-9-10(16)3-2-4-11(9)17)18-14(19)12-5-6-13(22-12)15(20)21/h2-6,8H,7H2,1H3,(H,18,19)(H,20,21). The molecule has 2 N–H and O–H groups in total. The van der Waals surface area contributed by atoms with Crippen LogP contribution in [-0.2, 0) is 6.42 Å². The molecule has 1 heterocycles. The van der Waals surface area contributed by atoms with Crippen LogP contribution in [0.1, 0.15) is 33.6 Å². The van der Waals surface area contributed by atoms with E-state index in [2.05, 4.69) is 5.32 Å². The number of benzene rings is 1. The molecule has 0 fully saturated rings. The highest BCUT2D eigenvalue weighted by Crippen LogP contribution is 2.15. The molecule has 2 aromatic rings. The summed E-state index contributed by atoms with van der Waals surface area (Å²) in [5.74, 6) is -3.87. The maximum absolute atomic E-state index is 13.5. The number of hydrogen-bond acceptors (Lipinski definition) is 3. The molecule has 1 aromatic heterocycles. The monoisotopic (exact) mass is 309 g/mol. The number of rotatable bonds is 5. The van der Waals surface area contributed by atoms with Crippen LogP contribution in [0.5, 0.6) is 0 Å². The second-order valence-corrected chi connectivity index (χ2v) is 4.75. The van der Waals surface area contributed by atoms with Crippen molar-refractivity contribution in [1.82, 2.24) is 5.32 Å². The summed E-state index contributed by atoms with van der Waals surface area (Å²) in [5, 5.41) is 11.2. The van der Waals surface area contributed by atoms with Gasteiger partial charge >= 0.3 is 5.97 Å². The molecule has 1 unspecified atom stereocenters. The summed E-state index contributed by atoms with van der Waals surface area (Å²) in [5.41, 5.74) is -0.124. The summed E-state index contributed by atoms with van der Waals surface area (Å²) in [7, 11) is 0. The van der Waals surface area contributed by atoms with Gasteiger partial charge in [-0.2, -0.15) is 0 Å². The molecule has 7 heteroatoms. The van der Waals surface area contributed by atoms with Crippen LogP contribution in [0.15, 0.2) is 34.7 Å². The number of halogens is 2. The Morgan fingerprint density at radius 1 is 1.18 bits per heavy atom. The molecular formula is C15H13F2NO4. The Balaban J connectivity index is 2.03. The average Bonchev–Trinajstić information content (AvgIpc) is 2.93. The zero-order valence-electron chi connectivity index (χ0n) is 11.6. The number of furan rings is 1. The Labute approximate surface area is 124 Å². The van der Waals surface area contributed by atoms with Crippen molar-refractivity contribution in [2.75, 3.05) is 0 Å².